The van der Waals surface area contributed by atoms with Crippen molar-refractivity contribution in [1.82, 2.24) is 4.72 Å². The normalized spacial score (nSPS) is 21.5. The summed E-state index contributed by atoms with van der Waals surface area (Å²) in [6.45, 7) is 0.477. The molecule has 2 aliphatic rings. The van der Waals surface area contributed by atoms with Gasteiger partial charge in [-0.1, -0.05) is 24.6 Å². The van der Waals surface area contributed by atoms with E-state index in [1.54, 1.807) is 6.07 Å². The summed E-state index contributed by atoms with van der Waals surface area (Å²) in [7, 11) is -3.48. The van der Waals surface area contributed by atoms with Crippen LogP contribution in [0.15, 0.2) is 24.3 Å². The van der Waals surface area contributed by atoms with Crippen molar-refractivity contribution >= 4 is 10.0 Å². The molecule has 128 valence electrons. The highest BCUT2D eigenvalue weighted by Crippen LogP contribution is 2.44. The van der Waals surface area contributed by atoms with Crippen LogP contribution in [0.4, 0.5) is 13.2 Å². The third-order valence-electron chi connectivity index (χ3n) is 4.77. The number of sulfonamides is 1. The van der Waals surface area contributed by atoms with Gasteiger partial charge in [0.25, 0.3) is 0 Å². The Bertz CT molecular complexity index is 679. The van der Waals surface area contributed by atoms with E-state index >= 15 is 0 Å². The molecular weight excluding hydrogens is 331 g/mol. The van der Waals surface area contributed by atoms with E-state index in [1.807, 2.05) is 0 Å². The molecule has 0 bridgehead atoms. The molecule has 1 heterocycles. The fourth-order valence-electron chi connectivity index (χ4n) is 2.95. The first kappa shape index (κ1) is 16.7. The molecule has 0 radical (unpaired) electrons. The zero-order valence-electron chi connectivity index (χ0n) is 12.4. The Balaban J connectivity index is 1.78. The molecule has 0 atom stereocenters. The van der Waals surface area contributed by atoms with E-state index in [4.69, 9.17) is 4.74 Å². The van der Waals surface area contributed by atoms with E-state index in [9.17, 15) is 21.6 Å². The smallest absolute Gasteiger partial charge is 0.378 e. The predicted octanol–water partition coefficient (Wildman–Crippen LogP) is 2.45. The van der Waals surface area contributed by atoms with Crippen molar-refractivity contribution in [3.8, 4) is 0 Å². The average molecular weight is 349 g/mol. The molecule has 3 rings (SSSR count). The molecule has 1 aromatic carbocycles. The highest BCUT2D eigenvalue weighted by atomic mass is 32.2. The van der Waals surface area contributed by atoms with Gasteiger partial charge in [-0.05, 0) is 24.5 Å². The van der Waals surface area contributed by atoms with Crippen LogP contribution in [0.2, 0.25) is 0 Å². The van der Waals surface area contributed by atoms with Gasteiger partial charge in [-0.15, -0.1) is 0 Å². The van der Waals surface area contributed by atoms with Crippen molar-refractivity contribution in [1.29, 1.82) is 0 Å². The van der Waals surface area contributed by atoms with Gasteiger partial charge < -0.3 is 4.74 Å². The molecule has 4 nitrogen and oxygen atoms in total. The summed E-state index contributed by atoms with van der Waals surface area (Å²) < 4.78 is 70.3. The van der Waals surface area contributed by atoms with Crippen LogP contribution in [-0.4, -0.2) is 33.4 Å². The molecule has 0 spiro atoms. The summed E-state index contributed by atoms with van der Waals surface area (Å²) in [5.41, 5.74) is -0.693. The Morgan fingerprint density at radius 1 is 1.26 bits per heavy atom. The Morgan fingerprint density at radius 3 is 2.43 bits per heavy atom. The molecular formula is C15H18F3NO3S. The van der Waals surface area contributed by atoms with Gasteiger partial charge in [0.1, 0.15) is 5.25 Å². The third kappa shape index (κ3) is 3.25. The highest BCUT2D eigenvalue weighted by Gasteiger charge is 2.42. The third-order valence-corrected chi connectivity index (χ3v) is 6.47. The topological polar surface area (TPSA) is 55.4 Å². The lowest BCUT2D eigenvalue weighted by molar-refractivity contribution is -0.137. The molecule has 0 unspecified atom stereocenters. The van der Waals surface area contributed by atoms with Gasteiger partial charge in [-0.3, -0.25) is 0 Å². The number of halogens is 3. The number of benzene rings is 1. The lowest BCUT2D eigenvalue weighted by Gasteiger charge is -2.43. The van der Waals surface area contributed by atoms with Gasteiger partial charge in [0, 0.05) is 12.0 Å². The monoisotopic (exact) mass is 349 g/mol. The van der Waals surface area contributed by atoms with Crippen LogP contribution in [0, 0.1) is 0 Å². The van der Waals surface area contributed by atoms with E-state index in [1.165, 1.54) is 6.07 Å². The molecule has 1 aliphatic heterocycles. The maximum Gasteiger partial charge on any atom is 0.416 e. The molecule has 1 saturated heterocycles. The maximum absolute atomic E-state index is 12.9. The second-order valence-corrected chi connectivity index (χ2v) is 8.28. The maximum atomic E-state index is 12.9. The van der Waals surface area contributed by atoms with Crippen molar-refractivity contribution in [3.05, 3.63) is 35.4 Å². The lowest BCUT2D eigenvalue weighted by atomic mass is 9.64. The van der Waals surface area contributed by atoms with Gasteiger partial charge in [-0.25, -0.2) is 13.1 Å². The van der Waals surface area contributed by atoms with Gasteiger partial charge in [0.15, 0.2) is 0 Å². The van der Waals surface area contributed by atoms with E-state index in [-0.39, 0.29) is 19.8 Å². The summed E-state index contributed by atoms with van der Waals surface area (Å²) >= 11 is 0. The SMILES string of the molecule is O=S(=O)(NCC1(c2cccc(C(F)(F)F)c2)CCC1)C1COC1. The van der Waals surface area contributed by atoms with Gasteiger partial charge >= 0.3 is 6.18 Å². The van der Waals surface area contributed by atoms with Crippen LogP contribution in [-0.2, 0) is 26.4 Å². The van der Waals surface area contributed by atoms with Crippen molar-refractivity contribution < 1.29 is 26.3 Å². The van der Waals surface area contributed by atoms with Crippen molar-refractivity contribution in [2.45, 2.75) is 36.1 Å². The highest BCUT2D eigenvalue weighted by molar-refractivity contribution is 7.90. The zero-order valence-corrected chi connectivity index (χ0v) is 13.2. The van der Waals surface area contributed by atoms with Crippen LogP contribution >= 0.6 is 0 Å². The Hall–Kier alpha value is -1.12. The average Bonchev–Trinajstić information content (AvgIpc) is 2.34. The van der Waals surface area contributed by atoms with E-state index < -0.39 is 32.4 Å². The zero-order chi connectivity index (χ0) is 16.7. The van der Waals surface area contributed by atoms with Crippen molar-refractivity contribution in [3.63, 3.8) is 0 Å². The number of nitrogens with one attached hydrogen (secondary N) is 1. The number of alkyl halides is 3. The Kier molecular flexibility index (Phi) is 4.18. The number of ether oxygens (including phenoxy) is 1. The molecule has 2 fully saturated rings. The molecule has 0 amide bonds. The number of rotatable bonds is 5. The molecule has 1 N–H and O–H groups in total. The summed E-state index contributed by atoms with van der Waals surface area (Å²) in [6, 6.07) is 5.20. The first-order valence-electron chi connectivity index (χ1n) is 7.47. The van der Waals surface area contributed by atoms with Crippen molar-refractivity contribution in [2.24, 2.45) is 0 Å². The predicted molar refractivity (Wildman–Crippen MR) is 78.5 cm³/mol. The first-order valence-corrected chi connectivity index (χ1v) is 9.02. The Labute approximate surface area is 133 Å². The summed E-state index contributed by atoms with van der Waals surface area (Å²) in [5.74, 6) is 0. The van der Waals surface area contributed by atoms with Crippen LogP contribution in [0.5, 0.6) is 0 Å². The molecule has 0 aromatic heterocycles. The van der Waals surface area contributed by atoms with Crippen molar-refractivity contribution in [2.75, 3.05) is 19.8 Å². The fourth-order valence-corrected chi connectivity index (χ4v) is 4.21. The summed E-state index contributed by atoms with van der Waals surface area (Å²) in [6.07, 6.45) is -2.16. The van der Waals surface area contributed by atoms with Gasteiger partial charge in [0.05, 0.1) is 18.8 Å². The molecule has 1 aromatic rings. The van der Waals surface area contributed by atoms with Gasteiger partial charge in [-0.2, -0.15) is 13.2 Å². The van der Waals surface area contributed by atoms with E-state index in [2.05, 4.69) is 4.72 Å². The second kappa shape index (κ2) is 5.75. The molecule has 23 heavy (non-hydrogen) atoms. The van der Waals surface area contributed by atoms with Gasteiger partial charge in [0.2, 0.25) is 10.0 Å². The molecule has 1 saturated carbocycles. The minimum absolute atomic E-state index is 0.132. The second-order valence-electron chi connectivity index (χ2n) is 6.24. The largest absolute Gasteiger partial charge is 0.416 e. The van der Waals surface area contributed by atoms with E-state index in [0.29, 0.717) is 18.4 Å². The van der Waals surface area contributed by atoms with Crippen LogP contribution in [0.3, 0.4) is 0 Å². The number of hydrogen-bond acceptors (Lipinski definition) is 3. The van der Waals surface area contributed by atoms with Crippen LogP contribution < -0.4 is 4.72 Å². The number of hydrogen-bond donors (Lipinski definition) is 1. The fraction of sp³-hybridized carbons (Fsp3) is 0.600. The van der Waals surface area contributed by atoms with E-state index in [0.717, 1.165) is 18.6 Å². The standard InChI is InChI=1S/C15H18F3NO3S/c16-15(17,18)12-4-1-3-11(7-12)14(5-2-6-14)10-19-23(20,21)13-8-22-9-13/h1,3-4,7,13,19H,2,5-6,8-10H2. The Morgan fingerprint density at radius 2 is 1.96 bits per heavy atom. The molecule has 8 heteroatoms. The first-order chi connectivity index (χ1) is 10.7. The summed E-state index contributed by atoms with van der Waals surface area (Å²) in [4.78, 5) is 0. The summed E-state index contributed by atoms with van der Waals surface area (Å²) in [5, 5.41) is -0.555. The minimum atomic E-state index is -4.40. The molecule has 1 aliphatic carbocycles. The van der Waals surface area contributed by atoms with Crippen LogP contribution in [0.1, 0.15) is 30.4 Å². The minimum Gasteiger partial charge on any atom is -0.378 e. The van der Waals surface area contributed by atoms with Crippen LogP contribution in [0.25, 0.3) is 0 Å². The quantitative estimate of drug-likeness (QED) is 0.888. The lowest BCUT2D eigenvalue weighted by Crippen LogP contribution is -2.52.